The van der Waals surface area contributed by atoms with E-state index >= 15 is 0 Å². The molecule has 0 saturated carbocycles. The minimum atomic E-state index is -0.660. The standard InChI is InChI=1S/C26H29ClN2O3/c1-25(2,3)32-24(31)28-17-10-12-29(13-11-17)23(30)26-15-20(18-6-4-5-7-21(18)26)19-9-8-16(27)14-22(19)26/h4-9,14,17,20H,10-13,15H2,1-3H3,(H,28,31)/t20-,26+/m0/s1. The summed E-state index contributed by atoms with van der Waals surface area (Å²) in [6.45, 7) is 6.79. The number of hydrogen-bond donors (Lipinski definition) is 1. The van der Waals surface area contributed by atoms with Gasteiger partial charge in [-0.1, -0.05) is 41.9 Å². The smallest absolute Gasteiger partial charge is 0.407 e. The van der Waals surface area contributed by atoms with E-state index in [-0.39, 0.29) is 17.9 Å². The normalized spacial score (nSPS) is 24.1. The van der Waals surface area contributed by atoms with Crippen molar-refractivity contribution in [2.45, 2.75) is 63.0 Å². The van der Waals surface area contributed by atoms with Crippen molar-refractivity contribution in [1.29, 1.82) is 0 Å². The van der Waals surface area contributed by atoms with Crippen LogP contribution < -0.4 is 5.32 Å². The van der Waals surface area contributed by atoms with Crippen LogP contribution in [-0.4, -0.2) is 41.6 Å². The van der Waals surface area contributed by atoms with Crippen LogP contribution in [0.25, 0.3) is 0 Å². The van der Waals surface area contributed by atoms with E-state index in [2.05, 4.69) is 29.6 Å². The second-order valence-electron chi connectivity index (χ2n) is 10.2. The van der Waals surface area contributed by atoms with Gasteiger partial charge >= 0.3 is 6.09 Å². The molecule has 1 heterocycles. The first kappa shape index (κ1) is 21.3. The van der Waals surface area contributed by atoms with E-state index in [1.165, 1.54) is 11.1 Å². The fourth-order valence-electron chi connectivity index (χ4n) is 5.74. The van der Waals surface area contributed by atoms with Gasteiger partial charge in [0.2, 0.25) is 5.91 Å². The molecule has 2 amide bonds. The van der Waals surface area contributed by atoms with Crippen LogP contribution in [0.2, 0.25) is 5.02 Å². The number of amides is 2. The number of benzene rings is 2. The topological polar surface area (TPSA) is 58.6 Å². The van der Waals surface area contributed by atoms with Crippen LogP contribution in [0.4, 0.5) is 4.79 Å². The molecule has 2 aliphatic carbocycles. The average Bonchev–Trinajstić information content (AvgIpc) is 3.25. The molecular weight excluding hydrogens is 424 g/mol. The van der Waals surface area contributed by atoms with Crippen molar-refractivity contribution in [2.24, 2.45) is 0 Å². The summed E-state index contributed by atoms with van der Waals surface area (Å²) >= 11 is 6.38. The highest BCUT2D eigenvalue weighted by molar-refractivity contribution is 6.30. The Balaban J connectivity index is 1.37. The van der Waals surface area contributed by atoms with Crippen LogP contribution in [0.1, 0.15) is 68.2 Å². The number of nitrogens with one attached hydrogen (secondary N) is 1. The number of halogens is 1. The summed E-state index contributed by atoms with van der Waals surface area (Å²) < 4.78 is 5.38. The van der Waals surface area contributed by atoms with Crippen molar-refractivity contribution in [1.82, 2.24) is 10.2 Å². The maximum absolute atomic E-state index is 14.1. The lowest BCUT2D eigenvalue weighted by Gasteiger charge is -2.39. The highest BCUT2D eigenvalue weighted by Crippen LogP contribution is 2.61. The van der Waals surface area contributed by atoms with Crippen LogP contribution in [0, 0.1) is 0 Å². The van der Waals surface area contributed by atoms with Crippen LogP contribution in [-0.2, 0) is 14.9 Å². The quantitative estimate of drug-likeness (QED) is 0.698. The first-order valence-electron chi connectivity index (χ1n) is 11.4. The molecule has 1 N–H and O–H groups in total. The number of fused-ring (bicyclic) bond motifs is 8. The lowest BCUT2D eigenvalue weighted by Crippen LogP contribution is -2.52. The second kappa shape index (κ2) is 7.51. The molecule has 1 fully saturated rings. The first-order valence-corrected chi connectivity index (χ1v) is 11.7. The van der Waals surface area contributed by atoms with Crippen LogP contribution in [0.5, 0.6) is 0 Å². The Labute approximate surface area is 194 Å². The number of rotatable bonds is 2. The Kier molecular flexibility index (Phi) is 5.01. The van der Waals surface area contributed by atoms with Gasteiger partial charge in [0.25, 0.3) is 0 Å². The lowest BCUT2D eigenvalue weighted by atomic mass is 9.74. The van der Waals surface area contributed by atoms with Crippen molar-refractivity contribution in [3.8, 4) is 0 Å². The number of piperidine rings is 1. The summed E-state index contributed by atoms with van der Waals surface area (Å²) in [6.07, 6.45) is 1.81. The van der Waals surface area contributed by atoms with Gasteiger partial charge < -0.3 is 15.0 Å². The van der Waals surface area contributed by atoms with Gasteiger partial charge in [0.05, 0.1) is 0 Å². The zero-order chi connectivity index (χ0) is 22.7. The number of likely N-dealkylation sites (tertiary alicyclic amines) is 1. The Bertz CT molecular complexity index is 1080. The molecule has 1 saturated heterocycles. The molecule has 2 atom stereocenters. The number of hydrogen-bond acceptors (Lipinski definition) is 3. The fourth-order valence-corrected chi connectivity index (χ4v) is 5.91. The van der Waals surface area contributed by atoms with E-state index < -0.39 is 17.1 Å². The molecule has 2 aromatic carbocycles. The second-order valence-corrected chi connectivity index (χ2v) is 10.6. The van der Waals surface area contributed by atoms with Crippen molar-refractivity contribution >= 4 is 23.6 Å². The van der Waals surface area contributed by atoms with Gasteiger partial charge in [-0.15, -0.1) is 0 Å². The Morgan fingerprint density at radius 2 is 1.75 bits per heavy atom. The monoisotopic (exact) mass is 452 g/mol. The summed E-state index contributed by atoms with van der Waals surface area (Å²) in [5.41, 5.74) is 3.49. The number of carbonyl (C=O) groups excluding carboxylic acids is 2. The Hall–Kier alpha value is -2.53. The van der Waals surface area contributed by atoms with Gasteiger partial charge in [0.1, 0.15) is 11.0 Å². The predicted octanol–water partition coefficient (Wildman–Crippen LogP) is 4.99. The van der Waals surface area contributed by atoms with E-state index in [0.29, 0.717) is 31.0 Å². The highest BCUT2D eigenvalue weighted by atomic mass is 35.5. The predicted molar refractivity (Wildman–Crippen MR) is 124 cm³/mol. The van der Waals surface area contributed by atoms with Crippen LogP contribution in [0.15, 0.2) is 42.5 Å². The summed E-state index contributed by atoms with van der Waals surface area (Å²) in [4.78, 5) is 28.2. The van der Waals surface area contributed by atoms with Crippen molar-refractivity contribution in [3.05, 3.63) is 69.7 Å². The molecule has 5 nitrogen and oxygen atoms in total. The van der Waals surface area contributed by atoms with E-state index in [1.54, 1.807) is 0 Å². The Morgan fingerprint density at radius 1 is 1.06 bits per heavy atom. The molecule has 6 heteroatoms. The molecule has 32 heavy (non-hydrogen) atoms. The zero-order valence-corrected chi connectivity index (χ0v) is 19.5. The summed E-state index contributed by atoms with van der Waals surface area (Å²) in [7, 11) is 0. The lowest BCUT2D eigenvalue weighted by molar-refractivity contribution is -0.136. The molecular formula is C26H29ClN2O3. The summed E-state index contributed by atoms with van der Waals surface area (Å²) in [5, 5.41) is 3.63. The van der Waals surface area contributed by atoms with Gasteiger partial charge in [0, 0.05) is 30.1 Å². The summed E-state index contributed by atoms with van der Waals surface area (Å²) in [5.74, 6) is 0.401. The largest absolute Gasteiger partial charge is 0.444 e. The minimum absolute atomic E-state index is 0.0142. The molecule has 168 valence electrons. The van der Waals surface area contributed by atoms with E-state index in [4.69, 9.17) is 16.3 Å². The molecule has 2 aromatic rings. The SMILES string of the molecule is CC(C)(C)OC(=O)NC1CCN(C(=O)[C@]23C[C@@H](c4ccccc42)c2ccc(Cl)cc23)CC1. The minimum Gasteiger partial charge on any atom is -0.444 e. The van der Waals surface area contributed by atoms with Gasteiger partial charge in [-0.05, 0) is 74.4 Å². The molecule has 0 spiro atoms. The highest BCUT2D eigenvalue weighted by Gasteiger charge is 2.58. The maximum Gasteiger partial charge on any atom is 0.407 e. The summed E-state index contributed by atoms with van der Waals surface area (Å²) in [6, 6.07) is 14.4. The zero-order valence-electron chi connectivity index (χ0n) is 18.8. The van der Waals surface area contributed by atoms with Crippen molar-refractivity contribution in [3.63, 3.8) is 0 Å². The van der Waals surface area contributed by atoms with Gasteiger partial charge in [-0.2, -0.15) is 0 Å². The van der Waals surface area contributed by atoms with Gasteiger partial charge in [-0.3, -0.25) is 4.79 Å². The van der Waals surface area contributed by atoms with E-state index in [9.17, 15) is 9.59 Å². The molecule has 0 unspecified atom stereocenters. The molecule has 0 aromatic heterocycles. The van der Waals surface area contributed by atoms with Crippen LogP contribution in [0.3, 0.4) is 0 Å². The van der Waals surface area contributed by atoms with Gasteiger partial charge in [0.15, 0.2) is 0 Å². The Morgan fingerprint density at radius 3 is 2.47 bits per heavy atom. The third-order valence-electron chi connectivity index (χ3n) is 7.02. The number of alkyl carbamates (subject to hydrolysis) is 1. The third kappa shape index (κ3) is 3.38. The fraction of sp³-hybridized carbons (Fsp3) is 0.462. The van der Waals surface area contributed by atoms with E-state index in [0.717, 1.165) is 17.5 Å². The van der Waals surface area contributed by atoms with E-state index in [1.807, 2.05) is 43.9 Å². The molecule has 1 aliphatic heterocycles. The number of carbonyl (C=O) groups is 2. The van der Waals surface area contributed by atoms with Crippen molar-refractivity contribution < 1.29 is 14.3 Å². The molecule has 0 radical (unpaired) electrons. The maximum atomic E-state index is 14.1. The third-order valence-corrected chi connectivity index (χ3v) is 7.26. The average molecular weight is 453 g/mol. The first-order chi connectivity index (χ1) is 15.2. The van der Waals surface area contributed by atoms with Crippen LogP contribution >= 0.6 is 11.6 Å². The molecule has 2 bridgehead atoms. The van der Waals surface area contributed by atoms with Gasteiger partial charge in [-0.25, -0.2) is 4.79 Å². The molecule has 3 aliphatic rings. The number of nitrogens with zero attached hydrogens (tertiary/aromatic N) is 1. The molecule has 5 rings (SSSR count). The number of ether oxygens (including phenoxy) is 1. The van der Waals surface area contributed by atoms with Crippen molar-refractivity contribution in [2.75, 3.05) is 13.1 Å².